The summed E-state index contributed by atoms with van der Waals surface area (Å²) in [5.41, 5.74) is 1.64. The molecule has 1 N–H and O–H groups in total. The van der Waals surface area contributed by atoms with E-state index in [9.17, 15) is 0 Å². The molecule has 1 aromatic rings. The third-order valence-corrected chi connectivity index (χ3v) is 4.83. The zero-order valence-electron chi connectivity index (χ0n) is 12.5. The van der Waals surface area contributed by atoms with E-state index in [1.807, 2.05) is 0 Å². The Labute approximate surface area is 116 Å². The summed E-state index contributed by atoms with van der Waals surface area (Å²) in [5, 5.41) is 8.23. The molecule has 0 aromatic carbocycles. The Balaban J connectivity index is 3.06. The molecule has 1 unspecified atom stereocenters. The molecular formula is C15H28N2S. The highest BCUT2D eigenvalue weighted by atomic mass is 32.1. The van der Waals surface area contributed by atoms with Gasteiger partial charge in [-0.25, -0.2) is 0 Å². The molecule has 1 heterocycles. The molecule has 0 radical (unpaired) electrons. The number of likely N-dealkylation sites (N-methyl/N-ethyl adjacent to an activating group) is 1. The van der Waals surface area contributed by atoms with Gasteiger partial charge in [0.1, 0.15) is 0 Å². The summed E-state index contributed by atoms with van der Waals surface area (Å²) in [4.78, 5) is 2.40. The van der Waals surface area contributed by atoms with E-state index in [1.54, 1.807) is 11.3 Å². The topological polar surface area (TPSA) is 15.3 Å². The summed E-state index contributed by atoms with van der Waals surface area (Å²) in [6.07, 6.45) is 3.50. The first kappa shape index (κ1) is 15.7. The van der Waals surface area contributed by atoms with Crippen LogP contribution in [0.4, 0.5) is 0 Å². The number of hydrogen-bond acceptors (Lipinski definition) is 3. The van der Waals surface area contributed by atoms with Crippen LogP contribution < -0.4 is 5.32 Å². The highest BCUT2D eigenvalue weighted by Gasteiger charge is 2.38. The van der Waals surface area contributed by atoms with Crippen molar-refractivity contribution >= 4 is 11.3 Å². The fraction of sp³-hybridized carbons (Fsp3) is 0.733. The van der Waals surface area contributed by atoms with E-state index in [-0.39, 0.29) is 5.54 Å². The SMILES string of the molecule is CCCNC(c1ccsc1)C(CC)(CC)N(C)C. The van der Waals surface area contributed by atoms with Crippen LogP contribution >= 0.6 is 11.3 Å². The highest BCUT2D eigenvalue weighted by molar-refractivity contribution is 7.07. The molecule has 1 atom stereocenters. The van der Waals surface area contributed by atoms with Crippen molar-refractivity contribution < 1.29 is 0 Å². The van der Waals surface area contributed by atoms with Crippen molar-refractivity contribution in [3.05, 3.63) is 22.4 Å². The first-order valence-corrected chi connectivity index (χ1v) is 7.99. The normalized spacial score (nSPS) is 14.1. The lowest BCUT2D eigenvalue weighted by Gasteiger charge is -2.45. The van der Waals surface area contributed by atoms with Gasteiger partial charge in [-0.15, -0.1) is 0 Å². The fourth-order valence-corrected chi connectivity index (χ4v) is 3.58. The van der Waals surface area contributed by atoms with E-state index in [2.05, 4.69) is 61.9 Å². The lowest BCUT2D eigenvalue weighted by molar-refractivity contribution is 0.0883. The van der Waals surface area contributed by atoms with Crippen molar-refractivity contribution in [3.63, 3.8) is 0 Å². The van der Waals surface area contributed by atoms with Gasteiger partial charge in [-0.3, -0.25) is 0 Å². The monoisotopic (exact) mass is 268 g/mol. The Hall–Kier alpha value is -0.380. The quantitative estimate of drug-likeness (QED) is 0.769. The number of nitrogens with zero attached hydrogens (tertiary/aromatic N) is 1. The second-order valence-electron chi connectivity index (χ2n) is 5.15. The second kappa shape index (κ2) is 7.27. The first-order valence-electron chi connectivity index (χ1n) is 7.05. The standard InChI is InChI=1S/C15H28N2S/c1-6-10-16-14(13-9-11-18-12-13)15(7-2,8-3)17(4)5/h9,11-12,14,16H,6-8,10H2,1-5H3. The molecule has 0 saturated heterocycles. The van der Waals surface area contributed by atoms with Gasteiger partial charge >= 0.3 is 0 Å². The van der Waals surface area contributed by atoms with Crippen LogP contribution in [0.25, 0.3) is 0 Å². The molecule has 0 spiro atoms. The molecule has 0 fully saturated rings. The number of rotatable bonds is 8. The maximum absolute atomic E-state index is 3.76. The van der Waals surface area contributed by atoms with Crippen molar-refractivity contribution in [3.8, 4) is 0 Å². The molecule has 0 aliphatic carbocycles. The van der Waals surface area contributed by atoms with Crippen molar-refractivity contribution in [2.45, 2.75) is 51.6 Å². The predicted octanol–water partition coefficient (Wildman–Crippen LogP) is 3.91. The molecule has 0 bridgehead atoms. The van der Waals surface area contributed by atoms with Crippen LogP contribution in [0.2, 0.25) is 0 Å². The van der Waals surface area contributed by atoms with E-state index in [0.29, 0.717) is 6.04 Å². The molecular weight excluding hydrogens is 240 g/mol. The number of thiophene rings is 1. The van der Waals surface area contributed by atoms with Gasteiger partial charge < -0.3 is 10.2 Å². The molecule has 0 aliphatic heterocycles. The van der Waals surface area contributed by atoms with Crippen LogP contribution in [0.5, 0.6) is 0 Å². The van der Waals surface area contributed by atoms with Gasteiger partial charge in [0.25, 0.3) is 0 Å². The highest BCUT2D eigenvalue weighted by Crippen LogP contribution is 2.36. The smallest absolute Gasteiger partial charge is 0.0515 e. The molecule has 18 heavy (non-hydrogen) atoms. The summed E-state index contributed by atoms with van der Waals surface area (Å²) in [6, 6.07) is 2.69. The minimum atomic E-state index is 0.205. The molecule has 0 amide bonds. The summed E-state index contributed by atoms with van der Waals surface area (Å²) < 4.78 is 0. The molecule has 1 rings (SSSR count). The summed E-state index contributed by atoms with van der Waals surface area (Å²) in [7, 11) is 4.42. The van der Waals surface area contributed by atoms with Gasteiger partial charge in [0, 0.05) is 5.54 Å². The maximum atomic E-state index is 3.76. The van der Waals surface area contributed by atoms with Crippen LogP contribution in [-0.2, 0) is 0 Å². The van der Waals surface area contributed by atoms with Crippen LogP contribution in [0, 0.1) is 0 Å². The molecule has 1 aromatic heterocycles. The summed E-state index contributed by atoms with van der Waals surface area (Å²) in [6.45, 7) is 7.91. The van der Waals surface area contributed by atoms with E-state index < -0.39 is 0 Å². The Bertz CT molecular complexity index is 315. The van der Waals surface area contributed by atoms with Crippen LogP contribution in [0.15, 0.2) is 16.8 Å². The third-order valence-electron chi connectivity index (χ3n) is 4.13. The Morgan fingerprint density at radius 1 is 1.28 bits per heavy atom. The van der Waals surface area contributed by atoms with Crippen LogP contribution in [0.1, 0.15) is 51.6 Å². The lowest BCUT2D eigenvalue weighted by Crippen LogP contribution is -2.53. The average Bonchev–Trinajstić information content (AvgIpc) is 2.88. The average molecular weight is 268 g/mol. The first-order chi connectivity index (χ1) is 8.62. The third kappa shape index (κ3) is 3.14. The van der Waals surface area contributed by atoms with E-state index in [4.69, 9.17) is 0 Å². The Morgan fingerprint density at radius 3 is 2.33 bits per heavy atom. The zero-order chi connectivity index (χ0) is 13.6. The van der Waals surface area contributed by atoms with Gasteiger partial charge in [0.15, 0.2) is 0 Å². The molecule has 0 aliphatic rings. The van der Waals surface area contributed by atoms with Crippen molar-refractivity contribution in [1.29, 1.82) is 0 Å². The molecule has 0 saturated carbocycles. The van der Waals surface area contributed by atoms with E-state index in [0.717, 1.165) is 19.4 Å². The summed E-state index contributed by atoms with van der Waals surface area (Å²) in [5.74, 6) is 0. The summed E-state index contributed by atoms with van der Waals surface area (Å²) >= 11 is 1.79. The molecule has 2 nitrogen and oxygen atoms in total. The van der Waals surface area contributed by atoms with Gasteiger partial charge in [-0.2, -0.15) is 11.3 Å². The number of nitrogens with one attached hydrogen (secondary N) is 1. The van der Waals surface area contributed by atoms with E-state index >= 15 is 0 Å². The van der Waals surface area contributed by atoms with E-state index in [1.165, 1.54) is 12.0 Å². The maximum Gasteiger partial charge on any atom is 0.0515 e. The van der Waals surface area contributed by atoms with Gasteiger partial charge in [-0.05, 0) is 62.3 Å². The van der Waals surface area contributed by atoms with Crippen LogP contribution in [0.3, 0.4) is 0 Å². The lowest BCUT2D eigenvalue weighted by atomic mass is 9.80. The fourth-order valence-electron chi connectivity index (χ4n) is 2.89. The Morgan fingerprint density at radius 2 is 1.94 bits per heavy atom. The van der Waals surface area contributed by atoms with Crippen LogP contribution in [-0.4, -0.2) is 31.1 Å². The van der Waals surface area contributed by atoms with Crippen molar-refractivity contribution in [2.24, 2.45) is 0 Å². The van der Waals surface area contributed by atoms with Gasteiger partial charge in [0.2, 0.25) is 0 Å². The second-order valence-corrected chi connectivity index (χ2v) is 5.93. The predicted molar refractivity (Wildman–Crippen MR) is 82.4 cm³/mol. The molecule has 3 heteroatoms. The zero-order valence-corrected chi connectivity index (χ0v) is 13.3. The van der Waals surface area contributed by atoms with Crippen molar-refractivity contribution in [1.82, 2.24) is 10.2 Å². The largest absolute Gasteiger partial charge is 0.308 e. The minimum Gasteiger partial charge on any atom is -0.308 e. The number of hydrogen-bond donors (Lipinski definition) is 1. The van der Waals surface area contributed by atoms with Gasteiger partial charge in [-0.1, -0.05) is 20.8 Å². The molecule has 104 valence electrons. The van der Waals surface area contributed by atoms with Crippen molar-refractivity contribution in [2.75, 3.05) is 20.6 Å². The van der Waals surface area contributed by atoms with Gasteiger partial charge in [0.05, 0.1) is 6.04 Å². The minimum absolute atomic E-state index is 0.205. The Kier molecular flexibility index (Phi) is 6.33.